The zero-order chi connectivity index (χ0) is 13.9. The average molecular weight is 263 g/mol. The van der Waals surface area contributed by atoms with Gasteiger partial charge in [0.05, 0.1) is 6.61 Å². The molecule has 0 radical (unpaired) electrons. The van der Waals surface area contributed by atoms with Crippen molar-refractivity contribution >= 4 is 12.2 Å². The van der Waals surface area contributed by atoms with Crippen molar-refractivity contribution < 1.29 is 19.4 Å². The van der Waals surface area contributed by atoms with Crippen LogP contribution in [0.4, 0.5) is 4.79 Å². The van der Waals surface area contributed by atoms with Crippen molar-refractivity contribution in [1.29, 1.82) is 0 Å². The van der Waals surface area contributed by atoms with E-state index in [9.17, 15) is 9.59 Å². The number of carbonyl (C=O) groups excluding carboxylic acids is 1. The van der Waals surface area contributed by atoms with E-state index >= 15 is 0 Å². The Hall–Kier alpha value is -2.21. The minimum absolute atomic E-state index is 0.187. The Morgan fingerprint density at radius 1 is 1.58 bits per heavy atom. The highest BCUT2D eigenvalue weighted by Crippen LogP contribution is 2.44. The maximum atomic E-state index is 10.9. The summed E-state index contributed by atoms with van der Waals surface area (Å²) in [6.07, 6.45) is 0.308. The van der Waals surface area contributed by atoms with E-state index < -0.39 is 17.9 Å². The summed E-state index contributed by atoms with van der Waals surface area (Å²) in [6, 6.07) is 8.64. The number of hydrazine groups is 1. The lowest BCUT2D eigenvalue weighted by Crippen LogP contribution is -2.50. The van der Waals surface area contributed by atoms with Gasteiger partial charge < -0.3 is 9.84 Å². The molecular weight excluding hydrogens is 250 g/mol. The van der Waals surface area contributed by atoms with Gasteiger partial charge in [0.2, 0.25) is 6.08 Å². The molecule has 1 aliphatic carbocycles. The number of isocyanates is 1. The molecule has 7 nitrogen and oxygen atoms in total. The van der Waals surface area contributed by atoms with E-state index in [2.05, 4.69) is 4.99 Å². The monoisotopic (exact) mass is 263 g/mol. The molecule has 0 heterocycles. The highest BCUT2D eigenvalue weighted by Gasteiger charge is 2.62. The molecule has 0 saturated heterocycles. The summed E-state index contributed by atoms with van der Waals surface area (Å²) >= 11 is 0. The van der Waals surface area contributed by atoms with Gasteiger partial charge in [-0.05, 0) is 5.56 Å². The Morgan fingerprint density at radius 3 is 2.84 bits per heavy atom. The summed E-state index contributed by atoms with van der Waals surface area (Å²) in [5, 5.41) is 9.48. The molecule has 19 heavy (non-hydrogen) atoms. The third-order valence-electron chi connectivity index (χ3n) is 3.00. The predicted octanol–water partition coefficient (Wildman–Crippen LogP) is 0.861. The van der Waals surface area contributed by atoms with E-state index in [1.165, 1.54) is 6.08 Å². The molecular formula is C12H13N3O4. The Kier molecular flexibility index (Phi) is 3.62. The molecule has 0 bridgehead atoms. The van der Waals surface area contributed by atoms with Crippen LogP contribution in [0.15, 0.2) is 35.3 Å². The molecule has 7 heteroatoms. The first kappa shape index (κ1) is 13.2. The van der Waals surface area contributed by atoms with Crippen molar-refractivity contribution in [2.24, 2.45) is 10.8 Å². The van der Waals surface area contributed by atoms with Crippen LogP contribution in [0.3, 0.4) is 0 Å². The number of amides is 1. The lowest BCUT2D eigenvalue weighted by molar-refractivity contribution is -0.0830. The van der Waals surface area contributed by atoms with Gasteiger partial charge in [0, 0.05) is 6.42 Å². The summed E-state index contributed by atoms with van der Waals surface area (Å²) < 4.78 is 5.56. The minimum atomic E-state index is -1.34. The number of rotatable bonds is 5. The molecule has 2 atom stereocenters. The number of hydrogen-bond acceptors (Lipinski definition) is 5. The van der Waals surface area contributed by atoms with Crippen molar-refractivity contribution in [3.8, 4) is 0 Å². The van der Waals surface area contributed by atoms with Crippen LogP contribution >= 0.6 is 0 Å². The molecule has 100 valence electrons. The van der Waals surface area contributed by atoms with Gasteiger partial charge in [-0.25, -0.2) is 20.4 Å². The van der Waals surface area contributed by atoms with Gasteiger partial charge in [-0.15, -0.1) is 0 Å². The second kappa shape index (κ2) is 5.19. The Bertz CT molecular complexity index is 515. The van der Waals surface area contributed by atoms with Crippen LogP contribution in [0.5, 0.6) is 0 Å². The van der Waals surface area contributed by atoms with E-state index in [1.807, 2.05) is 30.3 Å². The molecule has 3 N–H and O–H groups in total. The SMILES string of the molecule is NN(C(=O)O)C1(OCc2ccccc2)CC1N=C=O. The molecule has 1 amide bonds. The molecule has 1 fully saturated rings. The van der Waals surface area contributed by atoms with Crippen LogP contribution in [0.2, 0.25) is 0 Å². The van der Waals surface area contributed by atoms with Crippen molar-refractivity contribution in [2.75, 3.05) is 0 Å². The van der Waals surface area contributed by atoms with E-state index in [0.717, 1.165) is 5.56 Å². The van der Waals surface area contributed by atoms with Crippen LogP contribution in [-0.2, 0) is 16.1 Å². The molecule has 2 unspecified atom stereocenters. The topological polar surface area (TPSA) is 105 Å². The van der Waals surface area contributed by atoms with Crippen LogP contribution < -0.4 is 5.84 Å². The molecule has 2 rings (SSSR count). The van der Waals surface area contributed by atoms with Gasteiger partial charge in [0.25, 0.3) is 0 Å². The number of hydrogen-bond donors (Lipinski definition) is 2. The molecule has 1 aromatic rings. The van der Waals surface area contributed by atoms with E-state index in [-0.39, 0.29) is 13.0 Å². The van der Waals surface area contributed by atoms with Gasteiger partial charge in [-0.3, -0.25) is 0 Å². The summed E-state index contributed by atoms with van der Waals surface area (Å²) in [5.74, 6) is 5.46. The second-order valence-electron chi connectivity index (χ2n) is 4.21. The predicted molar refractivity (Wildman–Crippen MR) is 64.5 cm³/mol. The highest BCUT2D eigenvalue weighted by molar-refractivity contribution is 5.66. The van der Waals surface area contributed by atoms with Crippen LogP contribution in [0.1, 0.15) is 12.0 Å². The van der Waals surface area contributed by atoms with Crippen LogP contribution in [0, 0.1) is 0 Å². The maximum absolute atomic E-state index is 10.9. The van der Waals surface area contributed by atoms with Crippen molar-refractivity contribution in [3.05, 3.63) is 35.9 Å². The Labute approximate surface area is 109 Å². The number of aliphatic imine (C=N–C) groups is 1. The van der Waals surface area contributed by atoms with Gasteiger partial charge in [-0.1, -0.05) is 30.3 Å². The van der Waals surface area contributed by atoms with E-state index in [1.54, 1.807) is 0 Å². The van der Waals surface area contributed by atoms with Crippen molar-refractivity contribution in [3.63, 3.8) is 0 Å². The van der Waals surface area contributed by atoms with Crippen molar-refractivity contribution in [2.45, 2.75) is 24.8 Å². The van der Waals surface area contributed by atoms with Gasteiger partial charge in [0.1, 0.15) is 6.04 Å². The maximum Gasteiger partial charge on any atom is 0.424 e. The molecule has 0 spiro atoms. The summed E-state index contributed by atoms with van der Waals surface area (Å²) in [7, 11) is 0. The van der Waals surface area contributed by atoms with Crippen LogP contribution in [-0.4, -0.2) is 34.1 Å². The van der Waals surface area contributed by atoms with Gasteiger partial charge >= 0.3 is 6.09 Å². The number of carbonyl (C=O) groups is 1. The van der Waals surface area contributed by atoms with Gasteiger partial charge in [-0.2, -0.15) is 4.99 Å². The number of nitrogens with zero attached hydrogens (tertiary/aromatic N) is 2. The van der Waals surface area contributed by atoms with Crippen molar-refractivity contribution in [1.82, 2.24) is 5.01 Å². The summed E-state index contributed by atoms with van der Waals surface area (Å²) in [6.45, 7) is 0.187. The zero-order valence-electron chi connectivity index (χ0n) is 10.0. The van der Waals surface area contributed by atoms with Crippen LogP contribution in [0.25, 0.3) is 0 Å². The zero-order valence-corrected chi connectivity index (χ0v) is 10.0. The first-order valence-electron chi connectivity index (χ1n) is 5.63. The largest absolute Gasteiger partial charge is 0.464 e. The fraction of sp³-hybridized carbons (Fsp3) is 0.333. The first-order chi connectivity index (χ1) is 9.10. The Morgan fingerprint density at radius 2 is 2.26 bits per heavy atom. The molecule has 0 aliphatic heterocycles. The lowest BCUT2D eigenvalue weighted by Gasteiger charge is -2.25. The number of benzene rings is 1. The Balaban J connectivity index is 2.08. The number of ether oxygens (including phenoxy) is 1. The number of nitrogens with two attached hydrogens (primary N) is 1. The minimum Gasteiger partial charge on any atom is -0.464 e. The van der Waals surface area contributed by atoms with Gasteiger partial charge in [0.15, 0.2) is 5.72 Å². The fourth-order valence-electron chi connectivity index (χ4n) is 1.86. The third kappa shape index (κ3) is 2.63. The third-order valence-corrected chi connectivity index (χ3v) is 3.00. The smallest absolute Gasteiger partial charge is 0.424 e. The second-order valence-corrected chi connectivity index (χ2v) is 4.21. The molecule has 1 aromatic carbocycles. The first-order valence-corrected chi connectivity index (χ1v) is 5.63. The molecule has 0 aromatic heterocycles. The molecule has 1 aliphatic rings. The average Bonchev–Trinajstić information content (AvgIpc) is 3.12. The highest BCUT2D eigenvalue weighted by atomic mass is 16.5. The summed E-state index contributed by atoms with van der Waals surface area (Å²) in [4.78, 5) is 24.7. The normalized spacial score (nSPS) is 24.4. The van der Waals surface area contributed by atoms with E-state index in [0.29, 0.717) is 5.01 Å². The van der Waals surface area contributed by atoms with E-state index in [4.69, 9.17) is 15.7 Å². The summed E-state index contributed by atoms with van der Waals surface area (Å²) in [5.41, 5.74) is -0.389. The lowest BCUT2D eigenvalue weighted by atomic mass is 10.2. The standard InChI is InChI=1S/C12H13N3O4/c13-15(11(17)18)12(6-10(12)14-8-16)19-7-9-4-2-1-3-5-9/h1-5,10H,6-7,13H2,(H,17,18). The fourth-order valence-corrected chi connectivity index (χ4v) is 1.86. The molecule has 1 saturated carbocycles. The number of carboxylic acid groups (broad SMARTS) is 1. The quantitative estimate of drug-likeness (QED) is 0.205.